The van der Waals surface area contributed by atoms with Gasteiger partial charge in [0.25, 0.3) is 0 Å². The lowest BCUT2D eigenvalue weighted by Gasteiger charge is -2.16. The Morgan fingerprint density at radius 3 is 2.41 bits per heavy atom. The first-order chi connectivity index (χ1) is 8.07. The molecule has 1 aromatic rings. The van der Waals surface area contributed by atoms with Gasteiger partial charge in [0.05, 0.1) is 12.0 Å². The summed E-state index contributed by atoms with van der Waals surface area (Å²) in [6.07, 6.45) is -0.0821. The first-order valence-corrected chi connectivity index (χ1v) is 5.27. The number of rotatable bonds is 5. The highest BCUT2D eigenvalue weighted by atomic mass is 16.4. The van der Waals surface area contributed by atoms with Gasteiger partial charge in [0, 0.05) is 17.9 Å². The van der Waals surface area contributed by atoms with Crippen LogP contribution in [0.3, 0.4) is 0 Å². The molecule has 4 heteroatoms. The van der Waals surface area contributed by atoms with Gasteiger partial charge in [-0.05, 0) is 0 Å². The van der Waals surface area contributed by atoms with Crippen molar-refractivity contribution >= 4 is 11.8 Å². The Bertz CT molecular complexity index is 447. The van der Waals surface area contributed by atoms with Gasteiger partial charge in [-0.15, -0.1) is 0 Å². The molecule has 0 aliphatic rings. The predicted molar refractivity (Wildman–Crippen MR) is 61.3 cm³/mol. The van der Waals surface area contributed by atoms with Crippen LogP contribution in [0.4, 0.5) is 0 Å². The molecule has 1 aromatic carbocycles. The molecular weight excluding hydrogens is 218 g/mol. The molecule has 0 bridgehead atoms. The van der Waals surface area contributed by atoms with Gasteiger partial charge < -0.3 is 5.11 Å². The zero-order valence-electron chi connectivity index (χ0n) is 9.46. The van der Waals surface area contributed by atoms with Crippen LogP contribution in [0, 0.1) is 23.2 Å². The Balaban J connectivity index is 2.97. The highest BCUT2D eigenvalue weighted by molar-refractivity contribution is 5.99. The van der Waals surface area contributed by atoms with E-state index < -0.39 is 17.8 Å². The van der Waals surface area contributed by atoms with E-state index in [-0.39, 0.29) is 12.2 Å². The molecule has 1 N–H and O–H groups in total. The molecular formula is C13H13NO3. The van der Waals surface area contributed by atoms with Gasteiger partial charge in [-0.25, -0.2) is 0 Å². The minimum Gasteiger partial charge on any atom is -0.481 e. The number of carbonyl (C=O) groups excluding carboxylic acids is 1. The van der Waals surface area contributed by atoms with E-state index >= 15 is 0 Å². The van der Waals surface area contributed by atoms with Crippen molar-refractivity contribution in [2.45, 2.75) is 13.3 Å². The summed E-state index contributed by atoms with van der Waals surface area (Å²) in [4.78, 5) is 23.0. The molecule has 4 nitrogen and oxygen atoms in total. The van der Waals surface area contributed by atoms with Gasteiger partial charge in [-0.2, -0.15) is 5.26 Å². The Kier molecular flexibility index (Phi) is 4.41. The number of aliphatic carboxylic acids is 1. The number of carbonyl (C=O) groups is 2. The second-order valence-electron chi connectivity index (χ2n) is 3.83. The third kappa shape index (κ3) is 3.15. The smallest absolute Gasteiger partial charge is 0.306 e. The second-order valence-corrected chi connectivity index (χ2v) is 3.83. The van der Waals surface area contributed by atoms with E-state index in [9.17, 15) is 9.59 Å². The van der Waals surface area contributed by atoms with Crippen molar-refractivity contribution in [1.82, 2.24) is 0 Å². The van der Waals surface area contributed by atoms with E-state index in [1.165, 1.54) is 6.92 Å². The predicted octanol–water partition coefficient (Wildman–Crippen LogP) is 2.12. The van der Waals surface area contributed by atoms with Crippen molar-refractivity contribution < 1.29 is 14.7 Å². The van der Waals surface area contributed by atoms with Crippen LogP contribution < -0.4 is 0 Å². The number of hydrogen-bond acceptors (Lipinski definition) is 3. The van der Waals surface area contributed by atoms with Gasteiger partial charge in [0.2, 0.25) is 0 Å². The number of ketones is 1. The maximum atomic E-state index is 12.1. The average Bonchev–Trinajstić information content (AvgIpc) is 2.35. The third-order valence-electron chi connectivity index (χ3n) is 2.70. The van der Waals surface area contributed by atoms with E-state index in [1.54, 1.807) is 30.3 Å². The largest absolute Gasteiger partial charge is 0.481 e. The van der Waals surface area contributed by atoms with E-state index in [4.69, 9.17) is 10.4 Å². The topological polar surface area (TPSA) is 78.2 Å². The summed E-state index contributed by atoms with van der Waals surface area (Å²) in [7, 11) is 0. The normalized spacial score (nSPS) is 13.4. The van der Waals surface area contributed by atoms with E-state index in [0.717, 1.165) is 0 Å². The highest BCUT2D eigenvalue weighted by Gasteiger charge is 2.30. The number of benzene rings is 1. The summed E-state index contributed by atoms with van der Waals surface area (Å²) in [5.41, 5.74) is 0.445. The second kappa shape index (κ2) is 5.80. The summed E-state index contributed by atoms with van der Waals surface area (Å²) < 4.78 is 0. The molecule has 1 rings (SSSR count). The van der Waals surface area contributed by atoms with Crippen LogP contribution in [0.2, 0.25) is 0 Å². The Labute approximate surface area is 99.5 Å². The van der Waals surface area contributed by atoms with Crippen molar-refractivity contribution in [3.05, 3.63) is 35.9 Å². The first kappa shape index (κ1) is 12.9. The van der Waals surface area contributed by atoms with Crippen molar-refractivity contribution in [2.24, 2.45) is 11.8 Å². The zero-order valence-corrected chi connectivity index (χ0v) is 9.46. The lowest BCUT2D eigenvalue weighted by molar-refractivity contribution is -0.142. The molecule has 2 atom stereocenters. The van der Waals surface area contributed by atoms with Gasteiger partial charge in [-0.3, -0.25) is 9.59 Å². The lowest BCUT2D eigenvalue weighted by atomic mass is 9.85. The summed E-state index contributed by atoms with van der Waals surface area (Å²) in [6.45, 7) is 1.45. The number of carboxylic acid groups (broad SMARTS) is 1. The Morgan fingerprint density at radius 2 is 1.94 bits per heavy atom. The quantitative estimate of drug-likeness (QED) is 0.787. The summed E-state index contributed by atoms with van der Waals surface area (Å²) in [6, 6.07) is 10.3. The molecule has 0 spiro atoms. The fourth-order valence-corrected chi connectivity index (χ4v) is 1.58. The lowest BCUT2D eigenvalue weighted by Crippen LogP contribution is -2.27. The molecule has 0 radical (unpaired) electrons. The molecule has 0 heterocycles. The van der Waals surface area contributed by atoms with Crippen LogP contribution in [-0.4, -0.2) is 16.9 Å². The van der Waals surface area contributed by atoms with Crippen molar-refractivity contribution in [3.8, 4) is 6.07 Å². The molecule has 0 fully saturated rings. The minimum absolute atomic E-state index is 0.0821. The molecule has 0 saturated carbocycles. The number of Topliss-reactive ketones (excluding diaryl/α,β-unsaturated/α-hetero) is 1. The van der Waals surface area contributed by atoms with E-state index in [1.807, 2.05) is 6.07 Å². The van der Waals surface area contributed by atoms with Gasteiger partial charge in [-0.1, -0.05) is 37.3 Å². The van der Waals surface area contributed by atoms with Gasteiger partial charge in [0.15, 0.2) is 5.78 Å². The SMILES string of the molecule is CC(C(=O)O)C(CC#N)C(=O)c1ccccc1. The maximum absolute atomic E-state index is 12.1. The maximum Gasteiger partial charge on any atom is 0.306 e. The fourth-order valence-electron chi connectivity index (χ4n) is 1.58. The van der Waals surface area contributed by atoms with Crippen LogP contribution in [0.1, 0.15) is 23.7 Å². The van der Waals surface area contributed by atoms with Crippen LogP contribution in [0.5, 0.6) is 0 Å². The molecule has 2 unspecified atom stereocenters. The third-order valence-corrected chi connectivity index (χ3v) is 2.70. The number of hydrogen-bond donors (Lipinski definition) is 1. The van der Waals surface area contributed by atoms with Gasteiger partial charge in [0.1, 0.15) is 0 Å². The molecule has 0 aliphatic heterocycles. The molecule has 0 amide bonds. The van der Waals surface area contributed by atoms with Crippen LogP contribution in [0.25, 0.3) is 0 Å². The first-order valence-electron chi connectivity index (χ1n) is 5.27. The molecule has 17 heavy (non-hydrogen) atoms. The fraction of sp³-hybridized carbons (Fsp3) is 0.308. The summed E-state index contributed by atoms with van der Waals surface area (Å²) >= 11 is 0. The van der Waals surface area contributed by atoms with Crippen LogP contribution in [-0.2, 0) is 4.79 Å². The van der Waals surface area contributed by atoms with E-state index in [2.05, 4.69) is 0 Å². The monoisotopic (exact) mass is 231 g/mol. The Hall–Kier alpha value is -2.15. The van der Waals surface area contributed by atoms with Crippen LogP contribution in [0.15, 0.2) is 30.3 Å². The van der Waals surface area contributed by atoms with Gasteiger partial charge >= 0.3 is 5.97 Å². The number of nitriles is 1. The average molecular weight is 231 g/mol. The summed E-state index contributed by atoms with van der Waals surface area (Å²) in [5, 5.41) is 17.6. The standard InChI is InChI=1S/C13H13NO3/c1-9(13(16)17)11(7-8-14)12(15)10-5-3-2-4-6-10/h2-6,9,11H,7H2,1H3,(H,16,17). The molecule has 0 aliphatic carbocycles. The van der Waals surface area contributed by atoms with Crippen molar-refractivity contribution in [2.75, 3.05) is 0 Å². The van der Waals surface area contributed by atoms with E-state index in [0.29, 0.717) is 5.56 Å². The van der Waals surface area contributed by atoms with Crippen molar-refractivity contribution in [1.29, 1.82) is 5.26 Å². The highest BCUT2D eigenvalue weighted by Crippen LogP contribution is 2.21. The Morgan fingerprint density at radius 1 is 1.35 bits per heavy atom. The number of carboxylic acids is 1. The molecule has 0 aromatic heterocycles. The zero-order chi connectivity index (χ0) is 12.8. The van der Waals surface area contributed by atoms with Crippen molar-refractivity contribution in [3.63, 3.8) is 0 Å². The summed E-state index contributed by atoms with van der Waals surface area (Å²) in [5.74, 6) is -3.00. The number of nitrogens with zero attached hydrogens (tertiary/aromatic N) is 1. The minimum atomic E-state index is -1.06. The molecule has 88 valence electrons. The van der Waals surface area contributed by atoms with Crippen LogP contribution >= 0.6 is 0 Å². The molecule has 0 saturated heterocycles.